The number of fused-ring (bicyclic) bond motifs is 1. The molecule has 0 spiro atoms. The molecule has 29 heavy (non-hydrogen) atoms. The summed E-state index contributed by atoms with van der Waals surface area (Å²) in [4.78, 5) is 34.8. The van der Waals surface area contributed by atoms with E-state index < -0.39 is 11.8 Å². The van der Waals surface area contributed by atoms with Crippen LogP contribution in [0.2, 0.25) is 0 Å². The van der Waals surface area contributed by atoms with Gasteiger partial charge in [-0.05, 0) is 39.0 Å². The van der Waals surface area contributed by atoms with E-state index in [2.05, 4.69) is 9.97 Å². The topological polar surface area (TPSA) is 93.8 Å². The van der Waals surface area contributed by atoms with E-state index in [1.165, 1.54) is 0 Å². The molecule has 0 aromatic carbocycles. The second-order valence-corrected chi connectivity index (χ2v) is 7.15. The number of Topliss-reactive ketones (excluding diaryl/α,β-unsaturated/α-hetero) is 1. The summed E-state index contributed by atoms with van der Waals surface area (Å²) in [6.07, 6.45) is 4.96. The summed E-state index contributed by atoms with van der Waals surface area (Å²) in [7, 11) is 0. The molecule has 8 nitrogen and oxygen atoms in total. The molecule has 0 saturated carbocycles. The van der Waals surface area contributed by atoms with Gasteiger partial charge in [0.05, 0.1) is 18.8 Å². The Morgan fingerprint density at radius 3 is 2.86 bits per heavy atom. The molecular formula is C21H23N3O5. The van der Waals surface area contributed by atoms with Crippen LogP contribution in [0.4, 0.5) is 0 Å². The maximum absolute atomic E-state index is 13.1. The van der Waals surface area contributed by atoms with Gasteiger partial charge in [-0.15, -0.1) is 0 Å². The zero-order valence-corrected chi connectivity index (χ0v) is 16.6. The van der Waals surface area contributed by atoms with Gasteiger partial charge in [0, 0.05) is 36.4 Å². The SMILES string of the molecule is CCOC(=O)C1=C(N2CC(C)O[C@H](C)C2)O/C(=C\c2c[nH]c3ncccc23)C1=O. The van der Waals surface area contributed by atoms with Gasteiger partial charge in [-0.3, -0.25) is 4.79 Å². The summed E-state index contributed by atoms with van der Waals surface area (Å²) in [5, 5.41) is 0.858. The number of carbonyl (C=O) groups is 2. The van der Waals surface area contributed by atoms with E-state index in [4.69, 9.17) is 14.2 Å². The summed E-state index contributed by atoms with van der Waals surface area (Å²) in [6, 6.07) is 3.72. The molecule has 1 unspecified atom stereocenters. The number of esters is 1. The number of nitrogens with one attached hydrogen (secondary N) is 1. The van der Waals surface area contributed by atoms with E-state index in [9.17, 15) is 9.59 Å². The van der Waals surface area contributed by atoms with Crippen LogP contribution in [0, 0.1) is 0 Å². The lowest BCUT2D eigenvalue weighted by atomic mass is 10.1. The van der Waals surface area contributed by atoms with Crippen LogP contribution in [0.15, 0.2) is 41.7 Å². The second kappa shape index (κ2) is 7.71. The van der Waals surface area contributed by atoms with Gasteiger partial charge in [0.15, 0.2) is 11.3 Å². The van der Waals surface area contributed by atoms with Crippen LogP contribution >= 0.6 is 0 Å². The van der Waals surface area contributed by atoms with Crippen molar-refractivity contribution >= 4 is 28.9 Å². The highest BCUT2D eigenvalue weighted by atomic mass is 16.5. The Hall–Kier alpha value is -3.13. The van der Waals surface area contributed by atoms with Gasteiger partial charge in [0.2, 0.25) is 11.7 Å². The Balaban J connectivity index is 1.71. The first kappa shape index (κ1) is 19.2. The van der Waals surface area contributed by atoms with Gasteiger partial charge in [0.1, 0.15) is 5.65 Å². The fraction of sp³-hybridized carbons (Fsp3) is 0.381. The minimum absolute atomic E-state index is 0.0545. The highest BCUT2D eigenvalue weighted by Crippen LogP contribution is 2.32. The average Bonchev–Trinajstić information content (AvgIpc) is 3.23. The molecule has 2 aliphatic heterocycles. The number of rotatable bonds is 4. The maximum atomic E-state index is 13.1. The zero-order chi connectivity index (χ0) is 20.5. The number of nitrogens with zero attached hydrogens (tertiary/aromatic N) is 2. The first-order valence-corrected chi connectivity index (χ1v) is 9.66. The molecule has 2 aromatic rings. The number of carbonyl (C=O) groups excluding carboxylic acids is 2. The minimum atomic E-state index is -0.678. The number of hydrogen-bond acceptors (Lipinski definition) is 7. The van der Waals surface area contributed by atoms with E-state index in [0.29, 0.717) is 18.7 Å². The van der Waals surface area contributed by atoms with E-state index in [1.54, 1.807) is 25.4 Å². The van der Waals surface area contributed by atoms with E-state index in [-0.39, 0.29) is 36.0 Å². The van der Waals surface area contributed by atoms with E-state index in [1.807, 2.05) is 30.9 Å². The van der Waals surface area contributed by atoms with Crippen molar-refractivity contribution in [2.75, 3.05) is 19.7 Å². The van der Waals surface area contributed by atoms with Gasteiger partial charge >= 0.3 is 5.97 Å². The highest BCUT2D eigenvalue weighted by molar-refractivity contribution is 6.26. The number of ether oxygens (including phenoxy) is 3. The molecular weight excluding hydrogens is 374 g/mol. The smallest absolute Gasteiger partial charge is 0.347 e. The first-order valence-electron chi connectivity index (χ1n) is 9.66. The minimum Gasteiger partial charge on any atom is -0.462 e. The number of hydrogen-bond donors (Lipinski definition) is 1. The third kappa shape index (κ3) is 3.63. The predicted molar refractivity (Wildman–Crippen MR) is 105 cm³/mol. The number of morpholine rings is 1. The van der Waals surface area contributed by atoms with Crippen molar-refractivity contribution in [1.82, 2.24) is 14.9 Å². The largest absolute Gasteiger partial charge is 0.462 e. The fourth-order valence-corrected chi connectivity index (χ4v) is 3.70. The molecule has 1 saturated heterocycles. The summed E-state index contributed by atoms with van der Waals surface area (Å²) >= 11 is 0. The Labute approximate surface area is 168 Å². The summed E-state index contributed by atoms with van der Waals surface area (Å²) in [6.45, 7) is 6.79. The average molecular weight is 397 g/mol. The summed E-state index contributed by atoms with van der Waals surface area (Å²) < 4.78 is 16.8. The van der Waals surface area contributed by atoms with Gasteiger partial charge in [-0.2, -0.15) is 0 Å². The maximum Gasteiger partial charge on any atom is 0.347 e. The van der Waals surface area contributed by atoms with Crippen molar-refractivity contribution in [2.24, 2.45) is 0 Å². The number of pyridine rings is 1. The number of aromatic nitrogens is 2. The zero-order valence-electron chi connectivity index (χ0n) is 16.6. The van der Waals surface area contributed by atoms with E-state index >= 15 is 0 Å². The number of aromatic amines is 1. The summed E-state index contributed by atoms with van der Waals surface area (Å²) in [5.74, 6) is -0.842. The Kier molecular flexibility index (Phi) is 5.10. The van der Waals surface area contributed by atoms with Crippen molar-refractivity contribution in [3.63, 3.8) is 0 Å². The van der Waals surface area contributed by atoms with Crippen LogP contribution in [-0.4, -0.2) is 58.5 Å². The molecule has 8 heteroatoms. The van der Waals surface area contributed by atoms with Crippen molar-refractivity contribution in [3.05, 3.63) is 47.3 Å². The monoisotopic (exact) mass is 397 g/mol. The fourth-order valence-electron chi connectivity index (χ4n) is 3.70. The number of H-pyrrole nitrogens is 1. The van der Waals surface area contributed by atoms with Crippen molar-refractivity contribution in [3.8, 4) is 0 Å². The molecule has 152 valence electrons. The highest BCUT2D eigenvalue weighted by Gasteiger charge is 2.41. The third-order valence-electron chi connectivity index (χ3n) is 4.83. The van der Waals surface area contributed by atoms with Crippen molar-refractivity contribution in [2.45, 2.75) is 33.0 Å². The lowest BCUT2D eigenvalue weighted by Gasteiger charge is -2.36. The van der Waals surface area contributed by atoms with Gasteiger partial charge < -0.3 is 24.1 Å². The molecule has 4 rings (SSSR count). The van der Waals surface area contributed by atoms with E-state index in [0.717, 1.165) is 10.9 Å². The van der Waals surface area contributed by atoms with Crippen molar-refractivity contribution < 1.29 is 23.8 Å². The molecule has 1 fully saturated rings. The Bertz CT molecular complexity index is 1010. The molecule has 0 aliphatic carbocycles. The van der Waals surface area contributed by atoms with Gasteiger partial charge in [-0.25, -0.2) is 9.78 Å². The predicted octanol–water partition coefficient (Wildman–Crippen LogP) is 2.39. The molecule has 0 bridgehead atoms. The lowest BCUT2D eigenvalue weighted by Crippen LogP contribution is -2.45. The molecule has 2 aliphatic rings. The Morgan fingerprint density at radius 2 is 2.14 bits per heavy atom. The Morgan fingerprint density at radius 1 is 1.38 bits per heavy atom. The molecule has 0 amide bonds. The van der Waals surface area contributed by atoms with Gasteiger partial charge in [-0.1, -0.05) is 0 Å². The quantitative estimate of drug-likeness (QED) is 0.481. The normalized spacial score (nSPS) is 23.8. The lowest BCUT2D eigenvalue weighted by molar-refractivity contribution is -0.139. The van der Waals surface area contributed by atoms with Crippen LogP contribution in [0.1, 0.15) is 26.3 Å². The first-order chi connectivity index (χ1) is 14.0. The standard InChI is InChI=1S/C21H23N3O5/c1-4-27-21(26)17-18(25)16(8-14-9-23-19-15(14)6-5-7-22-19)29-20(17)24-10-12(2)28-13(3)11-24/h5-9,12-13H,4,10-11H2,1-3H3,(H,22,23)/b16-8-/t12-,13?/m1/s1. The van der Waals surface area contributed by atoms with Crippen LogP contribution in [0.5, 0.6) is 0 Å². The van der Waals surface area contributed by atoms with Crippen LogP contribution < -0.4 is 0 Å². The number of allylic oxidation sites excluding steroid dienone is 1. The van der Waals surface area contributed by atoms with Crippen LogP contribution in [-0.2, 0) is 23.8 Å². The number of ketones is 1. The molecule has 0 radical (unpaired) electrons. The second-order valence-electron chi connectivity index (χ2n) is 7.15. The molecule has 4 heterocycles. The summed E-state index contributed by atoms with van der Waals surface area (Å²) in [5.41, 5.74) is 1.39. The van der Waals surface area contributed by atoms with Crippen molar-refractivity contribution in [1.29, 1.82) is 0 Å². The van der Waals surface area contributed by atoms with Crippen LogP contribution in [0.25, 0.3) is 17.1 Å². The molecule has 1 N–H and O–H groups in total. The molecule has 2 aromatic heterocycles. The van der Waals surface area contributed by atoms with Gasteiger partial charge in [0.25, 0.3) is 0 Å². The third-order valence-corrected chi connectivity index (χ3v) is 4.83. The van der Waals surface area contributed by atoms with Crippen LogP contribution in [0.3, 0.4) is 0 Å². The molecule has 2 atom stereocenters.